The third-order valence-corrected chi connectivity index (χ3v) is 2.64. The molecule has 0 atom stereocenters. The predicted octanol–water partition coefficient (Wildman–Crippen LogP) is 3.18. The highest BCUT2D eigenvalue weighted by molar-refractivity contribution is 6.32. The molecule has 0 aliphatic rings. The van der Waals surface area contributed by atoms with Crippen molar-refractivity contribution in [3.63, 3.8) is 0 Å². The fourth-order valence-corrected chi connectivity index (χ4v) is 1.95. The molecular weight excluding hydrogens is 216 g/mol. The summed E-state index contributed by atoms with van der Waals surface area (Å²) in [6, 6.07) is 1.29. The zero-order valence-corrected chi connectivity index (χ0v) is 9.59. The lowest BCUT2D eigenvalue weighted by Crippen LogP contribution is -2.06. The first kappa shape index (κ1) is 11.9. The van der Waals surface area contributed by atoms with Crippen LogP contribution in [0.4, 0.5) is 0 Å². The summed E-state index contributed by atoms with van der Waals surface area (Å²) in [6.45, 7) is 5.42. The Bertz CT molecular complexity index is 411. The fourth-order valence-electron chi connectivity index (χ4n) is 1.70. The molecule has 0 radical (unpaired) electrons. The fraction of sp³-hybridized carbons (Fsp3) is 0.364. The van der Waals surface area contributed by atoms with E-state index in [-0.39, 0.29) is 22.3 Å². The second-order valence-corrected chi connectivity index (χ2v) is 4.16. The highest BCUT2D eigenvalue weighted by atomic mass is 35.5. The van der Waals surface area contributed by atoms with Crippen molar-refractivity contribution in [2.45, 2.75) is 26.7 Å². The number of hydrogen-bond donors (Lipinski definition) is 2. The Kier molecular flexibility index (Phi) is 3.25. The molecule has 15 heavy (non-hydrogen) atoms. The minimum Gasteiger partial charge on any atom is -0.506 e. The molecule has 1 rings (SSSR count). The normalized spacial score (nSPS) is 10.7. The molecule has 0 saturated heterocycles. The molecule has 82 valence electrons. The van der Waals surface area contributed by atoms with Gasteiger partial charge in [-0.05, 0) is 30.0 Å². The maximum atomic E-state index is 11.0. The number of halogens is 1. The van der Waals surface area contributed by atoms with Gasteiger partial charge in [0.15, 0.2) is 0 Å². The number of benzene rings is 1. The first-order valence-corrected chi connectivity index (χ1v) is 4.99. The van der Waals surface area contributed by atoms with Crippen molar-refractivity contribution in [2.75, 3.05) is 0 Å². The topological polar surface area (TPSA) is 57.5 Å². The van der Waals surface area contributed by atoms with E-state index in [9.17, 15) is 9.90 Å². The number of carboxylic acid groups (broad SMARTS) is 1. The Morgan fingerprint density at radius 3 is 2.40 bits per heavy atom. The lowest BCUT2D eigenvalue weighted by molar-refractivity contribution is 0.0695. The number of aromatic carboxylic acids is 1. The Labute approximate surface area is 93.3 Å². The monoisotopic (exact) mass is 228 g/mol. The number of rotatable bonds is 2. The second-order valence-electron chi connectivity index (χ2n) is 3.75. The first-order valence-electron chi connectivity index (χ1n) is 4.61. The highest BCUT2D eigenvalue weighted by Gasteiger charge is 2.19. The number of carbonyl (C=O) groups is 1. The summed E-state index contributed by atoms with van der Waals surface area (Å²) in [6.07, 6.45) is 0. The Morgan fingerprint density at radius 1 is 1.47 bits per heavy atom. The van der Waals surface area contributed by atoms with Crippen LogP contribution in [0, 0.1) is 6.92 Å². The zero-order valence-electron chi connectivity index (χ0n) is 8.84. The van der Waals surface area contributed by atoms with E-state index in [0.717, 1.165) is 0 Å². The van der Waals surface area contributed by atoms with Gasteiger partial charge in [0, 0.05) is 0 Å². The van der Waals surface area contributed by atoms with Gasteiger partial charge in [-0.25, -0.2) is 4.79 Å². The molecule has 0 saturated carbocycles. The van der Waals surface area contributed by atoms with Crippen LogP contribution in [0.3, 0.4) is 0 Å². The molecule has 2 N–H and O–H groups in total. The van der Waals surface area contributed by atoms with E-state index in [4.69, 9.17) is 16.7 Å². The van der Waals surface area contributed by atoms with Gasteiger partial charge in [0.1, 0.15) is 5.75 Å². The molecule has 1 aromatic carbocycles. The van der Waals surface area contributed by atoms with Gasteiger partial charge < -0.3 is 10.2 Å². The molecule has 0 heterocycles. The van der Waals surface area contributed by atoms with Crippen molar-refractivity contribution in [3.8, 4) is 5.75 Å². The van der Waals surface area contributed by atoms with Crippen molar-refractivity contribution in [1.29, 1.82) is 0 Å². The van der Waals surface area contributed by atoms with Gasteiger partial charge >= 0.3 is 5.97 Å². The first-order chi connectivity index (χ1) is 6.86. The van der Waals surface area contributed by atoms with E-state index < -0.39 is 5.97 Å². The SMILES string of the molecule is Cc1c(O)c(Cl)cc(C(=O)O)c1C(C)C. The van der Waals surface area contributed by atoms with Gasteiger partial charge in [-0.2, -0.15) is 0 Å². The molecule has 0 aromatic heterocycles. The van der Waals surface area contributed by atoms with Gasteiger partial charge in [-0.3, -0.25) is 0 Å². The van der Waals surface area contributed by atoms with Crippen molar-refractivity contribution in [1.82, 2.24) is 0 Å². The van der Waals surface area contributed by atoms with Crippen LogP contribution in [0.15, 0.2) is 6.07 Å². The van der Waals surface area contributed by atoms with Crippen LogP contribution in [0.25, 0.3) is 0 Å². The molecule has 0 spiro atoms. The van der Waals surface area contributed by atoms with Crippen LogP contribution >= 0.6 is 11.6 Å². The number of hydrogen-bond acceptors (Lipinski definition) is 2. The van der Waals surface area contributed by atoms with Crippen LogP contribution in [0.2, 0.25) is 5.02 Å². The van der Waals surface area contributed by atoms with Gasteiger partial charge in [-0.15, -0.1) is 0 Å². The summed E-state index contributed by atoms with van der Waals surface area (Å²) >= 11 is 5.73. The Balaban J connectivity index is 3.58. The molecule has 0 amide bonds. The Hall–Kier alpha value is -1.22. The summed E-state index contributed by atoms with van der Waals surface area (Å²) < 4.78 is 0. The highest BCUT2D eigenvalue weighted by Crippen LogP contribution is 2.35. The molecule has 3 nitrogen and oxygen atoms in total. The van der Waals surface area contributed by atoms with Crippen LogP contribution < -0.4 is 0 Å². The van der Waals surface area contributed by atoms with E-state index in [1.54, 1.807) is 6.92 Å². The van der Waals surface area contributed by atoms with Gasteiger partial charge in [0.25, 0.3) is 0 Å². The average molecular weight is 229 g/mol. The van der Waals surface area contributed by atoms with Crippen LogP contribution in [-0.4, -0.2) is 16.2 Å². The average Bonchev–Trinajstić information content (AvgIpc) is 2.12. The second kappa shape index (κ2) is 4.11. The molecule has 0 fully saturated rings. The van der Waals surface area contributed by atoms with Crippen molar-refractivity contribution in [2.24, 2.45) is 0 Å². The van der Waals surface area contributed by atoms with Gasteiger partial charge in [-0.1, -0.05) is 25.4 Å². The molecule has 0 unspecified atom stereocenters. The van der Waals surface area contributed by atoms with Gasteiger partial charge in [0.05, 0.1) is 10.6 Å². The summed E-state index contributed by atoms with van der Waals surface area (Å²) in [5, 5.41) is 18.7. The number of carboxylic acids is 1. The zero-order chi connectivity index (χ0) is 11.7. The van der Waals surface area contributed by atoms with E-state index in [1.807, 2.05) is 13.8 Å². The third kappa shape index (κ3) is 2.07. The number of phenols is 1. The summed E-state index contributed by atoms with van der Waals surface area (Å²) in [5.41, 5.74) is 1.32. The maximum absolute atomic E-state index is 11.0. The summed E-state index contributed by atoms with van der Waals surface area (Å²) in [5.74, 6) is -1.03. The third-order valence-electron chi connectivity index (χ3n) is 2.35. The van der Waals surface area contributed by atoms with Crippen molar-refractivity contribution < 1.29 is 15.0 Å². The minimum atomic E-state index is -1.02. The molecule has 0 bridgehead atoms. The van der Waals surface area contributed by atoms with Gasteiger partial charge in [0.2, 0.25) is 0 Å². The largest absolute Gasteiger partial charge is 0.506 e. The van der Waals surface area contributed by atoms with E-state index in [1.165, 1.54) is 6.07 Å². The van der Waals surface area contributed by atoms with Crippen LogP contribution in [-0.2, 0) is 0 Å². The molecule has 4 heteroatoms. The molecule has 0 aliphatic heterocycles. The van der Waals surface area contributed by atoms with Crippen molar-refractivity contribution >= 4 is 17.6 Å². The van der Waals surface area contributed by atoms with Crippen LogP contribution in [0.1, 0.15) is 41.3 Å². The number of aromatic hydroxyl groups is 1. The minimum absolute atomic E-state index is 0.0271. The molecular formula is C11H13ClO3. The smallest absolute Gasteiger partial charge is 0.336 e. The lowest BCUT2D eigenvalue weighted by atomic mass is 9.92. The maximum Gasteiger partial charge on any atom is 0.336 e. The van der Waals surface area contributed by atoms with E-state index in [2.05, 4.69) is 0 Å². The number of phenolic OH excluding ortho intramolecular Hbond substituents is 1. The van der Waals surface area contributed by atoms with Crippen molar-refractivity contribution in [3.05, 3.63) is 27.8 Å². The molecule has 1 aromatic rings. The summed E-state index contributed by atoms with van der Waals surface area (Å²) in [7, 11) is 0. The van der Waals surface area contributed by atoms with E-state index >= 15 is 0 Å². The quantitative estimate of drug-likeness (QED) is 0.818. The van der Waals surface area contributed by atoms with E-state index in [0.29, 0.717) is 11.1 Å². The standard InChI is InChI=1S/C11H13ClO3/c1-5(2)9-6(3)10(13)8(12)4-7(9)11(14)15/h4-5,13H,1-3H3,(H,14,15). The lowest BCUT2D eigenvalue weighted by Gasteiger charge is -2.15. The Morgan fingerprint density at radius 2 is 2.00 bits per heavy atom. The van der Waals surface area contributed by atoms with Crippen LogP contribution in [0.5, 0.6) is 5.75 Å². The predicted molar refractivity (Wildman–Crippen MR) is 58.9 cm³/mol. The molecule has 0 aliphatic carbocycles. The summed E-state index contributed by atoms with van der Waals surface area (Å²) in [4.78, 5) is 11.0.